The minimum atomic E-state index is 0.372. The van der Waals surface area contributed by atoms with E-state index in [9.17, 15) is 0 Å². The number of hydrogen-bond donors (Lipinski definition) is 1. The van der Waals surface area contributed by atoms with Crippen molar-refractivity contribution < 1.29 is 4.74 Å². The molecular formula is C9H8ClNO. The van der Waals surface area contributed by atoms with Crippen molar-refractivity contribution in [1.29, 1.82) is 5.41 Å². The maximum absolute atomic E-state index is 7.60. The van der Waals surface area contributed by atoms with Crippen molar-refractivity contribution in [3.63, 3.8) is 0 Å². The Balaban J connectivity index is 2.60. The molecule has 0 saturated carbocycles. The Hall–Kier alpha value is -0.860. The summed E-state index contributed by atoms with van der Waals surface area (Å²) in [5.41, 5.74) is 2.34. The van der Waals surface area contributed by atoms with Gasteiger partial charge in [-0.2, -0.15) is 0 Å². The first-order chi connectivity index (χ1) is 5.79. The van der Waals surface area contributed by atoms with Gasteiger partial charge >= 0.3 is 0 Å². The highest BCUT2D eigenvalue weighted by Gasteiger charge is 2.16. The lowest BCUT2D eigenvalue weighted by Crippen LogP contribution is -2.18. The van der Waals surface area contributed by atoms with Crippen LogP contribution in [0, 0.1) is 5.41 Å². The molecule has 0 unspecified atom stereocenters. The fourth-order valence-corrected chi connectivity index (χ4v) is 1.67. The summed E-state index contributed by atoms with van der Waals surface area (Å²) in [6.45, 7) is 0.939. The molecule has 0 aromatic heterocycles. The average Bonchev–Trinajstić information content (AvgIpc) is 2.04. The van der Waals surface area contributed by atoms with Gasteiger partial charge in [0.25, 0.3) is 0 Å². The molecule has 1 aliphatic heterocycles. The van der Waals surface area contributed by atoms with E-state index in [2.05, 4.69) is 0 Å². The van der Waals surface area contributed by atoms with Gasteiger partial charge in [-0.3, -0.25) is 0 Å². The van der Waals surface area contributed by atoms with Crippen LogP contribution in [0.1, 0.15) is 11.1 Å². The number of benzene rings is 1. The number of ether oxygens (including phenoxy) is 1. The van der Waals surface area contributed by atoms with Crippen molar-refractivity contribution in [2.24, 2.45) is 0 Å². The van der Waals surface area contributed by atoms with Crippen molar-refractivity contribution >= 4 is 17.3 Å². The van der Waals surface area contributed by atoms with Crippen LogP contribution < -0.4 is 0 Å². The van der Waals surface area contributed by atoms with Crippen LogP contribution >= 0.6 is 11.6 Å². The van der Waals surface area contributed by atoms with E-state index >= 15 is 0 Å². The predicted molar refractivity (Wildman–Crippen MR) is 47.9 cm³/mol. The van der Waals surface area contributed by atoms with Gasteiger partial charge in [-0.05, 0) is 11.6 Å². The molecule has 0 spiro atoms. The standard InChI is InChI=1S/C9H8ClNO/c10-7-3-1-2-6-4-12-5-8(11)9(6)7/h1-3,11H,4-5H2. The molecule has 0 fully saturated rings. The fraction of sp³-hybridized carbons (Fsp3) is 0.222. The van der Waals surface area contributed by atoms with Crippen molar-refractivity contribution in [1.82, 2.24) is 0 Å². The van der Waals surface area contributed by atoms with Crippen LogP contribution in [0.5, 0.6) is 0 Å². The van der Waals surface area contributed by atoms with Crippen LogP contribution in [0.25, 0.3) is 0 Å². The van der Waals surface area contributed by atoms with Crippen LogP contribution in [0.4, 0.5) is 0 Å². The van der Waals surface area contributed by atoms with Crippen molar-refractivity contribution in [2.75, 3.05) is 6.61 Å². The largest absolute Gasteiger partial charge is 0.370 e. The minimum Gasteiger partial charge on any atom is -0.370 e. The van der Waals surface area contributed by atoms with Crippen molar-refractivity contribution in [3.05, 3.63) is 34.3 Å². The molecular weight excluding hydrogens is 174 g/mol. The first kappa shape index (κ1) is 7.77. The van der Waals surface area contributed by atoms with E-state index < -0.39 is 0 Å². The normalized spacial score (nSPS) is 15.9. The molecule has 0 amide bonds. The highest BCUT2D eigenvalue weighted by molar-refractivity contribution is 6.34. The quantitative estimate of drug-likeness (QED) is 0.654. The van der Waals surface area contributed by atoms with Gasteiger partial charge in [0.2, 0.25) is 0 Å². The number of fused-ring (bicyclic) bond motifs is 1. The van der Waals surface area contributed by atoms with Gasteiger partial charge < -0.3 is 10.1 Å². The van der Waals surface area contributed by atoms with Crippen LogP contribution in [0.15, 0.2) is 18.2 Å². The Morgan fingerprint density at radius 1 is 1.33 bits per heavy atom. The molecule has 2 nitrogen and oxygen atoms in total. The zero-order valence-corrected chi connectivity index (χ0v) is 7.19. The maximum Gasteiger partial charge on any atom is 0.0892 e. The van der Waals surface area contributed by atoms with Crippen molar-refractivity contribution in [3.8, 4) is 0 Å². The Morgan fingerprint density at radius 2 is 2.17 bits per heavy atom. The molecule has 0 aliphatic carbocycles. The van der Waals surface area contributed by atoms with Gasteiger partial charge in [0.15, 0.2) is 0 Å². The summed E-state index contributed by atoms with van der Waals surface area (Å²) in [6.07, 6.45) is 0. The zero-order chi connectivity index (χ0) is 8.55. The minimum absolute atomic E-state index is 0.372. The molecule has 0 atom stereocenters. The SMILES string of the molecule is N=C1COCc2cccc(Cl)c21. The summed E-state index contributed by atoms with van der Waals surface area (Å²) in [6, 6.07) is 5.62. The Kier molecular flexibility index (Phi) is 1.87. The third-order valence-corrected chi connectivity index (χ3v) is 2.22. The molecule has 1 aromatic carbocycles. The number of rotatable bonds is 0. The lowest BCUT2D eigenvalue weighted by atomic mass is 10.0. The topological polar surface area (TPSA) is 33.1 Å². The second-order valence-electron chi connectivity index (χ2n) is 2.75. The van der Waals surface area contributed by atoms with E-state index in [1.807, 2.05) is 12.1 Å². The molecule has 1 aliphatic rings. The zero-order valence-electron chi connectivity index (χ0n) is 6.43. The first-order valence-corrected chi connectivity index (χ1v) is 4.10. The summed E-state index contributed by atoms with van der Waals surface area (Å²) in [4.78, 5) is 0. The van der Waals surface area contributed by atoms with Gasteiger partial charge in [0, 0.05) is 5.56 Å². The molecule has 1 heterocycles. The molecule has 3 heteroatoms. The van der Waals surface area contributed by atoms with Gasteiger partial charge in [-0.25, -0.2) is 0 Å². The van der Waals surface area contributed by atoms with E-state index in [-0.39, 0.29) is 0 Å². The van der Waals surface area contributed by atoms with Gasteiger partial charge in [0.05, 0.1) is 23.9 Å². The predicted octanol–water partition coefficient (Wildman–Crippen LogP) is 2.24. The molecule has 1 N–H and O–H groups in total. The summed E-state index contributed by atoms with van der Waals surface area (Å²) in [5.74, 6) is 0. The van der Waals surface area contributed by atoms with E-state index in [4.69, 9.17) is 21.7 Å². The molecule has 1 aromatic rings. The van der Waals surface area contributed by atoms with Gasteiger partial charge in [0.1, 0.15) is 0 Å². The number of halogens is 1. The number of nitrogens with one attached hydrogen (secondary N) is 1. The van der Waals surface area contributed by atoms with Crippen molar-refractivity contribution in [2.45, 2.75) is 6.61 Å². The monoisotopic (exact) mass is 181 g/mol. The molecule has 0 saturated heterocycles. The maximum atomic E-state index is 7.60. The van der Waals surface area contributed by atoms with E-state index in [1.165, 1.54) is 0 Å². The summed E-state index contributed by atoms with van der Waals surface area (Å²) < 4.78 is 5.18. The van der Waals surface area contributed by atoms with Crippen LogP contribution in [-0.4, -0.2) is 12.3 Å². The van der Waals surface area contributed by atoms with Crippen LogP contribution in [-0.2, 0) is 11.3 Å². The lowest BCUT2D eigenvalue weighted by molar-refractivity contribution is 0.152. The Bertz CT molecular complexity index is 335. The van der Waals surface area contributed by atoms with Gasteiger partial charge in [-0.15, -0.1) is 0 Å². The van der Waals surface area contributed by atoms with E-state index in [1.54, 1.807) is 6.07 Å². The first-order valence-electron chi connectivity index (χ1n) is 3.72. The van der Waals surface area contributed by atoms with E-state index in [0.29, 0.717) is 23.9 Å². The molecule has 62 valence electrons. The highest BCUT2D eigenvalue weighted by Crippen LogP contribution is 2.24. The third kappa shape index (κ3) is 1.13. The van der Waals surface area contributed by atoms with Crippen LogP contribution in [0.2, 0.25) is 5.02 Å². The average molecular weight is 182 g/mol. The Morgan fingerprint density at radius 3 is 2.92 bits per heavy atom. The molecule has 0 bridgehead atoms. The summed E-state index contributed by atoms with van der Waals surface area (Å²) >= 11 is 5.94. The lowest BCUT2D eigenvalue weighted by Gasteiger charge is -2.17. The summed E-state index contributed by atoms with van der Waals surface area (Å²) in [5, 5.41) is 8.26. The fourth-order valence-electron chi connectivity index (χ4n) is 1.36. The molecule has 0 radical (unpaired) electrons. The molecule has 12 heavy (non-hydrogen) atoms. The highest BCUT2D eigenvalue weighted by atomic mass is 35.5. The Labute approximate surface area is 75.6 Å². The van der Waals surface area contributed by atoms with Crippen LogP contribution in [0.3, 0.4) is 0 Å². The van der Waals surface area contributed by atoms with Gasteiger partial charge in [-0.1, -0.05) is 23.7 Å². The summed E-state index contributed by atoms with van der Waals surface area (Å²) in [7, 11) is 0. The van der Waals surface area contributed by atoms with E-state index in [0.717, 1.165) is 11.1 Å². The smallest absolute Gasteiger partial charge is 0.0892 e. The second kappa shape index (κ2) is 2.88. The third-order valence-electron chi connectivity index (χ3n) is 1.91. The second-order valence-corrected chi connectivity index (χ2v) is 3.15. The number of hydrogen-bond acceptors (Lipinski definition) is 2. The molecule has 2 rings (SSSR count).